The molecule has 0 saturated heterocycles. The van der Waals surface area contributed by atoms with Crippen LogP contribution in [0.5, 0.6) is 0 Å². The number of carboxylic acids is 1. The first-order valence-corrected chi connectivity index (χ1v) is 12.3. The Labute approximate surface area is 192 Å². The van der Waals surface area contributed by atoms with Crippen LogP contribution in [0.25, 0.3) is 0 Å². The van der Waals surface area contributed by atoms with Gasteiger partial charge in [-0.3, -0.25) is 14.9 Å². The number of carbonyl (C=O) groups excluding carboxylic acids is 1. The first-order chi connectivity index (χ1) is 15.4. The topological polar surface area (TPSA) is 110 Å². The highest BCUT2D eigenvalue weighted by molar-refractivity contribution is 5.94. The Morgan fingerprint density at radius 2 is 1.28 bits per heavy atom. The Bertz CT molecular complexity index is 673. The number of unbranched alkanes of at least 4 members (excludes halogenated alkanes) is 14. The third-order valence-corrected chi connectivity index (χ3v) is 5.67. The smallest absolute Gasteiger partial charge is 0.336 e. The molecule has 2 N–H and O–H groups in total. The molecule has 0 fully saturated rings. The third kappa shape index (κ3) is 13.1. The molecule has 32 heavy (non-hydrogen) atoms. The third-order valence-electron chi connectivity index (χ3n) is 5.67. The van der Waals surface area contributed by atoms with E-state index in [0.717, 1.165) is 25.3 Å². The van der Waals surface area contributed by atoms with Crippen LogP contribution in [0.2, 0.25) is 0 Å². The normalized spacial score (nSPS) is 10.8. The second-order valence-electron chi connectivity index (χ2n) is 8.58. The van der Waals surface area contributed by atoms with E-state index in [0.29, 0.717) is 6.42 Å². The number of benzene rings is 1. The summed E-state index contributed by atoms with van der Waals surface area (Å²) in [6.07, 6.45) is 19.1. The van der Waals surface area contributed by atoms with Crippen molar-refractivity contribution in [3.05, 3.63) is 33.9 Å². The van der Waals surface area contributed by atoms with Crippen LogP contribution in [0.3, 0.4) is 0 Å². The van der Waals surface area contributed by atoms with Gasteiger partial charge in [-0.05, 0) is 12.5 Å². The lowest BCUT2D eigenvalue weighted by atomic mass is 10.0. The summed E-state index contributed by atoms with van der Waals surface area (Å²) in [4.78, 5) is 33.5. The fourth-order valence-corrected chi connectivity index (χ4v) is 3.79. The number of carbonyl (C=O) groups is 2. The highest BCUT2D eigenvalue weighted by Gasteiger charge is 2.15. The van der Waals surface area contributed by atoms with Crippen molar-refractivity contribution in [2.75, 3.05) is 5.32 Å². The van der Waals surface area contributed by atoms with Crippen molar-refractivity contribution in [3.8, 4) is 0 Å². The van der Waals surface area contributed by atoms with Crippen molar-refractivity contribution >= 4 is 23.3 Å². The summed E-state index contributed by atoms with van der Waals surface area (Å²) in [5.74, 6) is -1.52. The monoisotopic (exact) mass is 448 g/mol. The fraction of sp³-hybridized carbons (Fsp3) is 0.680. The highest BCUT2D eigenvalue weighted by atomic mass is 16.6. The van der Waals surface area contributed by atoms with E-state index >= 15 is 0 Å². The number of anilines is 1. The quantitative estimate of drug-likeness (QED) is 0.129. The van der Waals surface area contributed by atoms with Crippen LogP contribution in [0.4, 0.5) is 11.4 Å². The molecule has 0 bridgehead atoms. The van der Waals surface area contributed by atoms with Crippen LogP contribution in [-0.4, -0.2) is 21.9 Å². The van der Waals surface area contributed by atoms with Gasteiger partial charge in [-0.1, -0.05) is 96.8 Å². The van der Waals surface area contributed by atoms with Crippen LogP contribution in [0.1, 0.15) is 120 Å². The number of carboxylic acid groups (broad SMARTS) is 1. The number of aromatic carboxylic acids is 1. The van der Waals surface area contributed by atoms with Gasteiger partial charge in [0.1, 0.15) is 0 Å². The van der Waals surface area contributed by atoms with E-state index in [2.05, 4.69) is 12.2 Å². The van der Waals surface area contributed by atoms with E-state index < -0.39 is 10.9 Å². The molecule has 1 amide bonds. The van der Waals surface area contributed by atoms with Crippen LogP contribution in [-0.2, 0) is 4.79 Å². The second kappa shape index (κ2) is 17.2. The molecule has 0 aliphatic rings. The molecule has 7 heteroatoms. The van der Waals surface area contributed by atoms with Gasteiger partial charge in [0.25, 0.3) is 5.69 Å². The zero-order chi connectivity index (χ0) is 23.6. The molecule has 0 atom stereocenters. The molecule has 0 aromatic heterocycles. The van der Waals surface area contributed by atoms with Crippen molar-refractivity contribution < 1.29 is 19.6 Å². The number of nitro benzene ring substituents is 1. The maximum Gasteiger partial charge on any atom is 0.336 e. The van der Waals surface area contributed by atoms with Crippen molar-refractivity contribution in [3.63, 3.8) is 0 Å². The molecule has 180 valence electrons. The van der Waals surface area contributed by atoms with Crippen LogP contribution in [0, 0.1) is 10.1 Å². The number of nitrogens with one attached hydrogen (secondary N) is 1. The summed E-state index contributed by atoms with van der Waals surface area (Å²) in [6, 6.07) is 3.39. The Morgan fingerprint density at radius 1 is 0.812 bits per heavy atom. The van der Waals surface area contributed by atoms with Crippen molar-refractivity contribution in [1.29, 1.82) is 0 Å². The molecule has 7 nitrogen and oxygen atoms in total. The Morgan fingerprint density at radius 3 is 1.72 bits per heavy atom. The highest BCUT2D eigenvalue weighted by Crippen LogP contribution is 2.21. The number of hydrogen-bond donors (Lipinski definition) is 2. The maximum absolute atomic E-state index is 12.1. The van der Waals surface area contributed by atoms with Crippen LogP contribution < -0.4 is 5.32 Å². The number of nitro groups is 1. The lowest BCUT2D eigenvalue weighted by Crippen LogP contribution is -2.12. The summed E-state index contributed by atoms with van der Waals surface area (Å²) in [6.45, 7) is 2.25. The van der Waals surface area contributed by atoms with Crippen molar-refractivity contribution in [2.24, 2.45) is 0 Å². The van der Waals surface area contributed by atoms with Gasteiger partial charge in [-0.2, -0.15) is 0 Å². The van der Waals surface area contributed by atoms with Gasteiger partial charge >= 0.3 is 5.97 Å². The summed E-state index contributed by atoms with van der Waals surface area (Å²) in [5.41, 5.74) is -0.434. The molecule has 0 heterocycles. The van der Waals surface area contributed by atoms with Crippen LogP contribution in [0.15, 0.2) is 18.2 Å². The molecule has 0 radical (unpaired) electrons. The van der Waals surface area contributed by atoms with E-state index in [1.165, 1.54) is 89.2 Å². The summed E-state index contributed by atoms with van der Waals surface area (Å²) in [7, 11) is 0. The molecule has 1 aromatic rings. The number of nitrogens with zero attached hydrogens (tertiary/aromatic N) is 1. The average molecular weight is 449 g/mol. The fourth-order valence-electron chi connectivity index (χ4n) is 3.79. The molecule has 0 aliphatic carbocycles. The van der Waals surface area contributed by atoms with Gasteiger partial charge < -0.3 is 10.4 Å². The molecule has 0 spiro atoms. The van der Waals surface area contributed by atoms with Gasteiger partial charge in [0, 0.05) is 24.2 Å². The predicted octanol–water partition coefficient (Wildman–Crippen LogP) is 7.49. The molecule has 0 unspecified atom stereocenters. The van der Waals surface area contributed by atoms with Gasteiger partial charge in [0.05, 0.1) is 10.5 Å². The first kappa shape index (κ1) is 27.6. The summed E-state index contributed by atoms with van der Waals surface area (Å²) < 4.78 is 0. The zero-order valence-corrected chi connectivity index (χ0v) is 19.6. The maximum atomic E-state index is 12.1. The van der Waals surface area contributed by atoms with E-state index in [9.17, 15) is 19.7 Å². The Hall–Kier alpha value is -2.44. The SMILES string of the molecule is CCCCCCCCCCCCCCCCCC(=O)Nc1cc(C(=O)O)cc([N+](=O)[O-])c1. The molecule has 1 rings (SSSR count). The van der Waals surface area contributed by atoms with E-state index in [1.54, 1.807) is 0 Å². The van der Waals surface area contributed by atoms with Gasteiger partial charge in [0.15, 0.2) is 0 Å². The summed E-state index contributed by atoms with van der Waals surface area (Å²) >= 11 is 0. The van der Waals surface area contributed by atoms with Gasteiger partial charge in [-0.25, -0.2) is 4.79 Å². The number of amides is 1. The Kier molecular flexibility index (Phi) is 14.8. The van der Waals surface area contributed by atoms with Crippen molar-refractivity contribution in [1.82, 2.24) is 0 Å². The minimum atomic E-state index is -1.27. The number of non-ortho nitro benzene ring substituents is 1. The first-order valence-electron chi connectivity index (χ1n) is 12.3. The van der Waals surface area contributed by atoms with Gasteiger partial charge in [0.2, 0.25) is 5.91 Å². The molecular weight excluding hydrogens is 408 g/mol. The largest absolute Gasteiger partial charge is 0.478 e. The molecular formula is C25H40N2O5. The van der Waals surface area contributed by atoms with E-state index in [-0.39, 0.29) is 22.8 Å². The lowest BCUT2D eigenvalue weighted by Gasteiger charge is -2.07. The average Bonchev–Trinajstić information content (AvgIpc) is 2.76. The van der Waals surface area contributed by atoms with E-state index in [4.69, 9.17) is 5.11 Å². The number of rotatable bonds is 19. The molecule has 0 aliphatic heterocycles. The molecule has 0 saturated carbocycles. The predicted molar refractivity (Wildman–Crippen MR) is 128 cm³/mol. The summed E-state index contributed by atoms with van der Waals surface area (Å²) in [5, 5.41) is 22.6. The number of hydrogen-bond acceptors (Lipinski definition) is 4. The standard InChI is InChI=1S/C25H40N2O5/c1-2-3-4-5-6-7-8-9-10-11-12-13-14-15-16-17-24(28)26-22-18-21(25(29)30)19-23(20-22)27(31)32/h18-20H,2-17H2,1H3,(H,26,28)(H,29,30). The van der Waals surface area contributed by atoms with Gasteiger partial charge in [-0.15, -0.1) is 0 Å². The van der Waals surface area contributed by atoms with Crippen LogP contribution >= 0.6 is 0 Å². The minimum absolute atomic E-state index is 0.141. The van der Waals surface area contributed by atoms with E-state index in [1.807, 2.05) is 0 Å². The molecule has 1 aromatic carbocycles. The zero-order valence-electron chi connectivity index (χ0n) is 19.6. The Balaban J connectivity index is 2.07. The minimum Gasteiger partial charge on any atom is -0.478 e. The lowest BCUT2D eigenvalue weighted by molar-refractivity contribution is -0.384. The van der Waals surface area contributed by atoms with Crippen molar-refractivity contribution in [2.45, 2.75) is 110 Å². The second-order valence-corrected chi connectivity index (χ2v) is 8.58.